The summed E-state index contributed by atoms with van der Waals surface area (Å²) < 4.78 is 13.0. The Hall–Kier alpha value is -2.61. The first kappa shape index (κ1) is 26.5. The van der Waals surface area contributed by atoms with Gasteiger partial charge in [-0.05, 0) is 78.9 Å². The van der Waals surface area contributed by atoms with E-state index in [9.17, 15) is 9.59 Å². The Morgan fingerprint density at radius 2 is 1.94 bits per heavy atom. The number of carbonyl (C=O) groups is 2. The molecule has 8 heteroatoms. The standard InChI is InChI=1S/C28H42N4O4/c1-19-9-12-23-24(18-30(25(23)29-19)14-7-8-16-35-6)20(2)32(22-10-11-22)26(33)21-13-15-31(17-21)27(34)36-28(3,4)5/h9,12,18,20-22H,7-8,10-11,13-17H2,1-6H3/t20?,21-/m1/s1. The molecule has 3 heterocycles. The lowest BCUT2D eigenvalue weighted by Crippen LogP contribution is -2.41. The summed E-state index contributed by atoms with van der Waals surface area (Å²) in [7, 11) is 1.73. The average molecular weight is 499 g/mol. The highest BCUT2D eigenvalue weighted by Gasteiger charge is 2.42. The van der Waals surface area contributed by atoms with Crippen molar-refractivity contribution in [1.29, 1.82) is 0 Å². The summed E-state index contributed by atoms with van der Waals surface area (Å²) in [6.45, 7) is 12.4. The van der Waals surface area contributed by atoms with Gasteiger partial charge in [-0.15, -0.1) is 0 Å². The fourth-order valence-corrected chi connectivity index (χ4v) is 5.17. The van der Waals surface area contributed by atoms with E-state index in [4.69, 9.17) is 14.5 Å². The zero-order valence-corrected chi connectivity index (χ0v) is 22.7. The fraction of sp³-hybridized carbons (Fsp3) is 0.679. The molecule has 1 saturated carbocycles. The van der Waals surface area contributed by atoms with Crippen molar-refractivity contribution in [3.63, 3.8) is 0 Å². The summed E-state index contributed by atoms with van der Waals surface area (Å²) in [5.41, 5.74) is 2.57. The van der Waals surface area contributed by atoms with Gasteiger partial charge >= 0.3 is 6.09 Å². The van der Waals surface area contributed by atoms with E-state index in [1.807, 2.05) is 33.8 Å². The molecule has 0 bridgehead atoms. The van der Waals surface area contributed by atoms with Crippen LogP contribution in [0.25, 0.3) is 11.0 Å². The van der Waals surface area contributed by atoms with Crippen LogP contribution < -0.4 is 0 Å². The lowest BCUT2D eigenvalue weighted by atomic mass is 10.0. The van der Waals surface area contributed by atoms with Gasteiger partial charge in [0.1, 0.15) is 11.2 Å². The first-order chi connectivity index (χ1) is 17.1. The van der Waals surface area contributed by atoms with Gasteiger partial charge in [-0.3, -0.25) is 4.79 Å². The van der Waals surface area contributed by atoms with E-state index in [2.05, 4.69) is 28.7 Å². The van der Waals surface area contributed by atoms with Crippen LogP contribution in [0, 0.1) is 12.8 Å². The number of pyridine rings is 1. The lowest BCUT2D eigenvalue weighted by Gasteiger charge is -2.32. The topological polar surface area (TPSA) is 76.9 Å². The molecule has 0 radical (unpaired) electrons. The number of likely N-dealkylation sites (tertiary alicyclic amines) is 1. The summed E-state index contributed by atoms with van der Waals surface area (Å²) in [6.07, 6.45) is 6.61. The Kier molecular flexibility index (Phi) is 7.93. The van der Waals surface area contributed by atoms with Gasteiger partial charge in [0.2, 0.25) is 5.91 Å². The van der Waals surface area contributed by atoms with Crippen molar-refractivity contribution >= 4 is 23.0 Å². The van der Waals surface area contributed by atoms with Crippen molar-refractivity contribution in [2.75, 3.05) is 26.8 Å². The number of nitrogens with zero attached hydrogens (tertiary/aromatic N) is 4. The lowest BCUT2D eigenvalue weighted by molar-refractivity contribution is -0.138. The Morgan fingerprint density at radius 1 is 1.19 bits per heavy atom. The molecule has 0 N–H and O–H groups in total. The minimum atomic E-state index is -0.544. The largest absolute Gasteiger partial charge is 0.444 e. The first-order valence-electron chi connectivity index (χ1n) is 13.3. The van der Waals surface area contributed by atoms with E-state index in [-0.39, 0.29) is 30.0 Å². The minimum absolute atomic E-state index is 0.0622. The van der Waals surface area contributed by atoms with Crippen molar-refractivity contribution in [3.05, 3.63) is 29.6 Å². The number of hydrogen-bond acceptors (Lipinski definition) is 5. The number of aromatic nitrogens is 2. The highest BCUT2D eigenvalue weighted by atomic mass is 16.6. The third-order valence-electron chi connectivity index (χ3n) is 7.14. The maximum atomic E-state index is 13.8. The molecule has 2 aliphatic rings. The molecule has 1 aliphatic heterocycles. The molecule has 2 aromatic rings. The summed E-state index contributed by atoms with van der Waals surface area (Å²) in [5, 5.41) is 1.11. The van der Waals surface area contributed by atoms with E-state index in [1.54, 1.807) is 12.0 Å². The molecule has 0 aromatic carbocycles. The minimum Gasteiger partial charge on any atom is -0.444 e. The van der Waals surface area contributed by atoms with Crippen LogP contribution in [0.4, 0.5) is 4.79 Å². The SMILES string of the molecule is COCCCCn1cc(C(C)N(C(=O)[C@@H]2CCN(C(=O)OC(C)(C)C)C2)C2CC2)c2ccc(C)nc21. The van der Waals surface area contributed by atoms with Crippen molar-refractivity contribution in [3.8, 4) is 0 Å². The van der Waals surface area contributed by atoms with Gasteiger partial charge < -0.3 is 23.8 Å². The third kappa shape index (κ3) is 6.02. The molecule has 2 fully saturated rings. The Balaban J connectivity index is 1.54. The van der Waals surface area contributed by atoms with Gasteiger partial charge in [0.15, 0.2) is 0 Å². The molecular weight excluding hydrogens is 456 g/mol. The smallest absolute Gasteiger partial charge is 0.410 e. The number of fused-ring (bicyclic) bond motifs is 1. The monoisotopic (exact) mass is 498 g/mol. The highest BCUT2D eigenvalue weighted by Crippen LogP contribution is 2.39. The van der Waals surface area contributed by atoms with Gasteiger partial charge in [-0.25, -0.2) is 9.78 Å². The number of carbonyl (C=O) groups excluding carboxylic acids is 2. The van der Waals surface area contributed by atoms with E-state index in [0.29, 0.717) is 19.5 Å². The first-order valence-corrected chi connectivity index (χ1v) is 13.3. The normalized spacial score (nSPS) is 19.1. The van der Waals surface area contributed by atoms with Crippen molar-refractivity contribution in [2.24, 2.45) is 5.92 Å². The quantitative estimate of drug-likeness (QED) is 0.451. The summed E-state index contributed by atoms with van der Waals surface area (Å²) in [4.78, 5) is 35.0. The number of amides is 2. The molecule has 36 heavy (non-hydrogen) atoms. The number of unbranched alkanes of at least 4 members (excludes halogenated alkanes) is 1. The average Bonchev–Trinajstić information content (AvgIpc) is 3.39. The van der Waals surface area contributed by atoms with E-state index >= 15 is 0 Å². The second-order valence-electron chi connectivity index (χ2n) is 11.4. The van der Waals surface area contributed by atoms with Crippen LogP contribution in [0.5, 0.6) is 0 Å². The maximum absolute atomic E-state index is 13.8. The van der Waals surface area contributed by atoms with Gasteiger partial charge in [0, 0.05) is 62.2 Å². The zero-order chi connectivity index (χ0) is 26.0. The van der Waals surface area contributed by atoms with Gasteiger partial charge in [0.05, 0.1) is 12.0 Å². The molecule has 1 aliphatic carbocycles. The van der Waals surface area contributed by atoms with Crippen LogP contribution in [0.2, 0.25) is 0 Å². The van der Waals surface area contributed by atoms with Crippen LogP contribution in [-0.2, 0) is 20.8 Å². The van der Waals surface area contributed by atoms with Crippen LogP contribution in [0.15, 0.2) is 18.3 Å². The van der Waals surface area contributed by atoms with Gasteiger partial charge in [0.25, 0.3) is 0 Å². The molecule has 4 rings (SSSR count). The molecule has 8 nitrogen and oxygen atoms in total. The van der Waals surface area contributed by atoms with Crippen LogP contribution in [0.3, 0.4) is 0 Å². The second-order valence-corrected chi connectivity index (χ2v) is 11.4. The second kappa shape index (κ2) is 10.8. The molecule has 198 valence electrons. The molecule has 1 unspecified atom stereocenters. The summed E-state index contributed by atoms with van der Waals surface area (Å²) >= 11 is 0. The Bertz CT molecular complexity index is 1090. The van der Waals surface area contributed by atoms with Crippen LogP contribution >= 0.6 is 0 Å². The fourth-order valence-electron chi connectivity index (χ4n) is 5.17. The molecule has 2 amide bonds. The van der Waals surface area contributed by atoms with E-state index in [0.717, 1.165) is 61.1 Å². The molecule has 1 saturated heterocycles. The number of aryl methyl sites for hydroxylation is 2. The number of ether oxygens (including phenoxy) is 2. The van der Waals surface area contributed by atoms with Crippen LogP contribution in [0.1, 0.15) is 77.1 Å². The molecule has 2 aromatic heterocycles. The molecular formula is C28H42N4O4. The third-order valence-corrected chi connectivity index (χ3v) is 7.14. The Morgan fingerprint density at radius 3 is 2.61 bits per heavy atom. The van der Waals surface area contributed by atoms with Crippen molar-refractivity contribution in [1.82, 2.24) is 19.4 Å². The van der Waals surface area contributed by atoms with Gasteiger partial charge in [-0.2, -0.15) is 0 Å². The highest BCUT2D eigenvalue weighted by molar-refractivity contribution is 5.85. The number of methoxy groups -OCH3 is 1. The Labute approximate surface area is 214 Å². The molecule has 2 atom stereocenters. The number of rotatable bonds is 9. The maximum Gasteiger partial charge on any atom is 0.410 e. The number of hydrogen-bond donors (Lipinski definition) is 0. The van der Waals surface area contributed by atoms with Crippen LogP contribution in [-0.4, -0.2) is 69.8 Å². The zero-order valence-electron chi connectivity index (χ0n) is 22.7. The predicted molar refractivity (Wildman–Crippen MR) is 140 cm³/mol. The summed E-state index contributed by atoms with van der Waals surface area (Å²) in [5.74, 6) is -0.0412. The van der Waals surface area contributed by atoms with Gasteiger partial charge in [-0.1, -0.05) is 0 Å². The van der Waals surface area contributed by atoms with E-state index < -0.39 is 5.60 Å². The molecule has 0 spiro atoms. The summed E-state index contributed by atoms with van der Waals surface area (Å²) in [6, 6.07) is 4.39. The van der Waals surface area contributed by atoms with E-state index in [1.165, 1.54) is 0 Å². The van der Waals surface area contributed by atoms with Crippen molar-refractivity contribution < 1.29 is 19.1 Å². The predicted octanol–water partition coefficient (Wildman–Crippen LogP) is 5.08. The van der Waals surface area contributed by atoms with Crippen molar-refractivity contribution in [2.45, 2.75) is 91.0 Å².